The molecule has 3 unspecified atom stereocenters. The summed E-state index contributed by atoms with van der Waals surface area (Å²) in [5, 5.41) is 2.06. The van der Waals surface area contributed by atoms with E-state index in [4.69, 9.17) is 5.73 Å². The molecule has 3 atom stereocenters. The SMILES string of the molecule is CC(N)C(c1ccccc1F)N(C)C(C)c1cccs1. The molecular formula is C16H21FN2S. The fourth-order valence-electron chi connectivity index (χ4n) is 2.56. The quantitative estimate of drug-likeness (QED) is 0.903. The van der Waals surface area contributed by atoms with Crippen LogP contribution in [0.3, 0.4) is 0 Å². The lowest BCUT2D eigenvalue weighted by atomic mass is 9.97. The van der Waals surface area contributed by atoms with Crippen molar-refractivity contribution in [2.45, 2.75) is 32.0 Å². The number of hydrogen-bond acceptors (Lipinski definition) is 3. The number of benzene rings is 1. The van der Waals surface area contributed by atoms with E-state index in [0.717, 1.165) is 0 Å². The molecule has 0 spiro atoms. The third-order valence-electron chi connectivity index (χ3n) is 3.73. The van der Waals surface area contributed by atoms with Crippen LogP contribution in [0.4, 0.5) is 4.39 Å². The Morgan fingerprint density at radius 2 is 1.85 bits per heavy atom. The molecule has 1 aromatic carbocycles. The minimum Gasteiger partial charge on any atom is -0.326 e. The smallest absolute Gasteiger partial charge is 0.128 e. The van der Waals surface area contributed by atoms with Crippen molar-refractivity contribution in [1.82, 2.24) is 4.90 Å². The van der Waals surface area contributed by atoms with Gasteiger partial charge in [-0.15, -0.1) is 11.3 Å². The maximum absolute atomic E-state index is 14.1. The molecule has 0 saturated carbocycles. The van der Waals surface area contributed by atoms with Gasteiger partial charge in [-0.1, -0.05) is 24.3 Å². The van der Waals surface area contributed by atoms with Crippen LogP contribution in [0.5, 0.6) is 0 Å². The van der Waals surface area contributed by atoms with E-state index >= 15 is 0 Å². The van der Waals surface area contributed by atoms with E-state index in [1.54, 1.807) is 17.4 Å². The highest BCUT2D eigenvalue weighted by Crippen LogP contribution is 2.33. The largest absolute Gasteiger partial charge is 0.326 e. The molecule has 2 aromatic rings. The van der Waals surface area contributed by atoms with Crippen LogP contribution < -0.4 is 5.73 Å². The molecule has 4 heteroatoms. The first-order valence-electron chi connectivity index (χ1n) is 6.77. The van der Waals surface area contributed by atoms with E-state index in [9.17, 15) is 4.39 Å². The van der Waals surface area contributed by atoms with Gasteiger partial charge in [0.25, 0.3) is 0 Å². The van der Waals surface area contributed by atoms with Gasteiger partial charge in [-0.25, -0.2) is 4.39 Å². The highest BCUT2D eigenvalue weighted by molar-refractivity contribution is 7.10. The molecule has 2 N–H and O–H groups in total. The average molecular weight is 292 g/mol. The zero-order valence-corrected chi connectivity index (χ0v) is 12.9. The molecule has 0 bridgehead atoms. The monoisotopic (exact) mass is 292 g/mol. The van der Waals surface area contributed by atoms with Gasteiger partial charge in [-0.05, 0) is 38.4 Å². The highest BCUT2D eigenvalue weighted by Gasteiger charge is 2.28. The van der Waals surface area contributed by atoms with Crippen LogP contribution in [0.2, 0.25) is 0 Å². The Hall–Kier alpha value is -1.23. The van der Waals surface area contributed by atoms with Crippen LogP contribution in [0.25, 0.3) is 0 Å². The van der Waals surface area contributed by atoms with Gasteiger partial charge in [0.05, 0.1) is 6.04 Å². The molecule has 1 heterocycles. The van der Waals surface area contributed by atoms with Crippen LogP contribution >= 0.6 is 11.3 Å². The van der Waals surface area contributed by atoms with E-state index < -0.39 is 0 Å². The van der Waals surface area contributed by atoms with Crippen molar-refractivity contribution in [3.8, 4) is 0 Å². The third kappa shape index (κ3) is 3.08. The maximum Gasteiger partial charge on any atom is 0.128 e. The molecule has 0 aliphatic heterocycles. The first kappa shape index (κ1) is 15.2. The predicted molar refractivity (Wildman–Crippen MR) is 83.3 cm³/mol. The van der Waals surface area contributed by atoms with Crippen LogP contribution in [-0.2, 0) is 0 Å². The molecule has 0 aliphatic rings. The van der Waals surface area contributed by atoms with Gasteiger partial charge >= 0.3 is 0 Å². The van der Waals surface area contributed by atoms with Crippen LogP contribution in [0.15, 0.2) is 41.8 Å². The lowest BCUT2D eigenvalue weighted by molar-refractivity contribution is 0.164. The van der Waals surface area contributed by atoms with Crippen molar-refractivity contribution < 1.29 is 4.39 Å². The normalized spacial score (nSPS) is 16.1. The van der Waals surface area contributed by atoms with Crippen molar-refractivity contribution in [2.75, 3.05) is 7.05 Å². The second-order valence-corrected chi connectivity index (χ2v) is 6.16. The van der Waals surface area contributed by atoms with Gasteiger partial charge in [-0.2, -0.15) is 0 Å². The van der Waals surface area contributed by atoms with Crippen LogP contribution in [-0.4, -0.2) is 18.0 Å². The van der Waals surface area contributed by atoms with Crippen LogP contribution in [0.1, 0.15) is 36.4 Å². The van der Waals surface area contributed by atoms with Crippen molar-refractivity contribution in [2.24, 2.45) is 5.73 Å². The molecular weight excluding hydrogens is 271 g/mol. The summed E-state index contributed by atoms with van der Waals surface area (Å²) in [4.78, 5) is 3.41. The number of nitrogens with zero attached hydrogens (tertiary/aromatic N) is 1. The topological polar surface area (TPSA) is 29.3 Å². The summed E-state index contributed by atoms with van der Waals surface area (Å²) < 4.78 is 14.1. The van der Waals surface area contributed by atoms with Crippen molar-refractivity contribution in [3.63, 3.8) is 0 Å². The number of rotatable bonds is 5. The Balaban J connectivity index is 2.32. The fourth-order valence-corrected chi connectivity index (χ4v) is 3.39. The second kappa shape index (κ2) is 6.48. The van der Waals surface area contributed by atoms with Crippen LogP contribution in [0, 0.1) is 5.82 Å². The highest BCUT2D eigenvalue weighted by atomic mass is 32.1. The first-order chi connectivity index (χ1) is 9.52. The van der Waals surface area contributed by atoms with Crippen molar-refractivity contribution >= 4 is 11.3 Å². The summed E-state index contributed by atoms with van der Waals surface area (Å²) in [5.41, 5.74) is 6.79. The summed E-state index contributed by atoms with van der Waals surface area (Å²) in [6, 6.07) is 10.9. The van der Waals surface area contributed by atoms with Gasteiger partial charge in [-0.3, -0.25) is 4.90 Å². The number of thiophene rings is 1. The van der Waals surface area contributed by atoms with Crippen molar-refractivity contribution in [1.29, 1.82) is 0 Å². The average Bonchev–Trinajstić information content (AvgIpc) is 2.93. The Morgan fingerprint density at radius 3 is 2.40 bits per heavy atom. The van der Waals surface area contributed by atoms with E-state index in [1.807, 2.05) is 32.2 Å². The molecule has 0 saturated heterocycles. The summed E-state index contributed by atoms with van der Waals surface area (Å²) >= 11 is 1.71. The Bertz CT molecular complexity index is 539. The Labute approximate surface area is 124 Å². The number of hydrogen-bond donors (Lipinski definition) is 1. The molecule has 2 rings (SSSR count). The molecule has 2 nitrogen and oxygen atoms in total. The van der Waals surface area contributed by atoms with E-state index in [-0.39, 0.29) is 23.9 Å². The molecule has 0 radical (unpaired) electrons. The Kier molecular flexibility index (Phi) is 4.91. The summed E-state index contributed by atoms with van der Waals surface area (Å²) in [7, 11) is 2.00. The number of likely N-dealkylation sites (N-methyl/N-ethyl adjacent to an activating group) is 1. The number of nitrogens with two attached hydrogens (primary N) is 1. The van der Waals surface area contributed by atoms with Gasteiger partial charge in [0.15, 0.2) is 0 Å². The number of halogens is 1. The first-order valence-corrected chi connectivity index (χ1v) is 7.65. The standard InChI is InChI=1S/C16H21FN2S/c1-11(18)16(13-7-4-5-8-14(13)17)19(3)12(2)15-9-6-10-20-15/h4-12,16H,18H2,1-3H3. The summed E-state index contributed by atoms with van der Waals surface area (Å²) in [6.07, 6.45) is 0. The van der Waals surface area contributed by atoms with Gasteiger partial charge in [0, 0.05) is 22.5 Å². The third-order valence-corrected chi connectivity index (χ3v) is 4.77. The molecule has 1 aromatic heterocycles. The molecule has 0 aliphatic carbocycles. The summed E-state index contributed by atoms with van der Waals surface area (Å²) in [6.45, 7) is 4.05. The second-order valence-electron chi connectivity index (χ2n) is 5.18. The Morgan fingerprint density at radius 1 is 1.15 bits per heavy atom. The molecule has 0 amide bonds. The minimum absolute atomic E-state index is 0.145. The van der Waals surface area contributed by atoms with Crippen molar-refractivity contribution in [3.05, 3.63) is 58.0 Å². The zero-order valence-electron chi connectivity index (χ0n) is 12.1. The molecule has 0 fully saturated rings. The minimum atomic E-state index is -0.194. The van der Waals surface area contributed by atoms with Gasteiger partial charge in [0.1, 0.15) is 5.82 Å². The lowest BCUT2D eigenvalue weighted by Gasteiger charge is -2.35. The lowest BCUT2D eigenvalue weighted by Crippen LogP contribution is -2.39. The van der Waals surface area contributed by atoms with E-state index in [1.165, 1.54) is 10.9 Å². The van der Waals surface area contributed by atoms with E-state index in [2.05, 4.69) is 23.3 Å². The molecule has 108 valence electrons. The van der Waals surface area contributed by atoms with Gasteiger partial charge < -0.3 is 5.73 Å². The van der Waals surface area contributed by atoms with Gasteiger partial charge in [0.2, 0.25) is 0 Å². The molecule has 20 heavy (non-hydrogen) atoms. The maximum atomic E-state index is 14.1. The van der Waals surface area contributed by atoms with E-state index in [0.29, 0.717) is 5.56 Å². The zero-order chi connectivity index (χ0) is 14.7. The summed E-state index contributed by atoms with van der Waals surface area (Å²) in [5.74, 6) is -0.194. The fraction of sp³-hybridized carbons (Fsp3) is 0.375. The predicted octanol–water partition coefficient (Wildman–Crippen LogP) is 3.97.